The minimum atomic E-state index is -4.71. The molecule has 0 aromatic heterocycles. The summed E-state index contributed by atoms with van der Waals surface area (Å²) in [7, 11) is -4.71. The van der Waals surface area contributed by atoms with Gasteiger partial charge in [0, 0.05) is 0 Å². The third-order valence-corrected chi connectivity index (χ3v) is 2.30. The smallest absolute Gasteiger partial charge is 0.394 e. The van der Waals surface area contributed by atoms with E-state index in [-0.39, 0.29) is 13.2 Å². The number of aliphatic hydroxyl groups excluding tert-OH is 7. The van der Waals surface area contributed by atoms with E-state index in [1.807, 2.05) is 0 Å². The summed E-state index contributed by atoms with van der Waals surface area (Å²) in [6.45, 7) is -2.36. The first-order valence-corrected chi connectivity index (χ1v) is 6.87. The summed E-state index contributed by atoms with van der Waals surface area (Å²) in [5, 5.41) is 59.2. The van der Waals surface area contributed by atoms with Gasteiger partial charge in [0.25, 0.3) is 0 Å². The second-order valence-electron chi connectivity index (χ2n) is 3.61. The molecular formula is C8H21O11P. The van der Waals surface area contributed by atoms with E-state index in [1.165, 1.54) is 0 Å². The van der Waals surface area contributed by atoms with E-state index in [4.69, 9.17) is 45.5 Å². The van der Waals surface area contributed by atoms with E-state index in [0.717, 1.165) is 0 Å². The van der Waals surface area contributed by atoms with Crippen LogP contribution in [-0.2, 0) is 9.09 Å². The monoisotopic (exact) mass is 324 g/mol. The van der Waals surface area contributed by atoms with Gasteiger partial charge in [0.1, 0.15) is 24.4 Å². The number of phosphoric acid groups is 1. The summed E-state index contributed by atoms with van der Waals surface area (Å²) in [6.07, 6.45) is -5.97. The predicted octanol–water partition coefficient (Wildman–Crippen LogP) is -4.50. The number of hydrogen-bond acceptors (Lipinski definition) is 9. The molecule has 0 aromatic carbocycles. The highest BCUT2D eigenvalue weighted by Crippen LogP contribution is 2.35. The van der Waals surface area contributed by atoms with Crippen molar-refractivity contribution in [2.24, 2.45) is 0 Å². The maximum Gasteiger partial charge on any atom is 0.469 e. The van der Waals surface area contributed by atoms with Gasteiger partial charge in [0.2, 0.25) is 0 Å². The van der Waals surface area contributed by atoms with Crippen LogP contribution in [0.1, 0.15) is 0 Å². The molecule has 0 saturated heterocycles. The summed E-state index contributed by atoms with van der Waals surface area (Å²) in [5.74, 6) is 0. The van der Waals surface area contributed by atoms with Crippen LogP contribution in [0.15, 0.2) is 0 Å². The Morgan fingerprint density at radius 1 is 0.850 bits per heavy atom. The summed E-state index contributed by atoms with van der Waals surface area (Å²) < 4.78 is 14.0. The molecule has 11 nitrogen and oxygen atoms in total. The molecule has 0 radical (unpaired) electrons. The van der Waals surface area contributed by atoms with Crippen molar-refractivity contribution in [1.29, 1.82) is 0 Å². The molecule has 0 amide bonds. The molecule has 0 bridgehead atoms. The first kappa shape index (κ1) is 22.1. The fourth-order valence-corrected chi connectivity index (χ4v) is 1.04. The standard InChI is InChI=1S/C5H13O8P.C3H8O3/c6-1-3(7)5(9)4(8)2-13-14(10,11)12;4-1-3(6)2-5/h3-9H,1-2H2,(H2,10,11,12);3-6H,1-2H2/t3-,4+,5+;/m1./s1. The van der Waals surface area contributed by atoms with Gasteiger partial charge >= 0.3 is 7.82 Å². The quantitative estimate of drug-likeness (QED) is 0.194. The van der Waals surface area contributed by atoms with Crippen LogP contribution in [0, 0.1) is 0 Å². The molecule has 0 aliphatic carbocycles. The fourth-order valence-electron chi connectivity index (χ4n) is 0.694. The highest BCUT2D eigenvalue weighted by Gasteiger charge is 2.26. The Kier molecular flexibility index (Phi) is 12.7. The molecule has 124 valence electrons. The zero-order valence-electron chi connectivity index (χ0n) is 10.4. The number of phosphoric ester groups is 1. The van der Waals surface area contributed by atoms with Crippen LogP contribution in [0.2, 0.25) is 0 Å². The Balaban J connectivity index is 0. The van der Waals surface area contributed by atoms with Crippen LogP contribution >= 0.6 is 7.82 Å². The lowest BCUT2D eigenvalue weighted by atomic mass is 10.1. The molecule has 0 rings (SSSR count). The lowest BCUT2D eigenvalue weighted by Gasteiger charge is -2.21. The van der Waals surface area contributed by atoms with E-state index in [9.17, 15) is 4.57 Å². The molecule has 9 N–H and O–H groups in total. The molecular weight excluding hydrogens is 303 g/mol. The third kappa shape index (κ3) is 12.8. The molecule has 0 fully saturated rings. The fraction of sp³-hybridized carbons (Fsp3) is 1.00. The highest BCUT2D eigenvalue weighted by molar-refractivity contribution is 7.46. The van der Waals surface area contributed by atoms with Gasteiger partial charge in [-0.25, -0.2) is 4.57 Å². The largest absolute Gasteiger partial charge is 0.469 e. The Morgan fingerprint density at radius 2 is 1.30 bits per heavy atom. The van der Waals surface area contributed by atoms with Crippen LogP contribution in [0.3, 0.4) is 0 Å². The SMILES string of the molecule is O=P(O)(O)OC[C@H](O)[C@@H](O)[C@H](O)CO.OCC(O)CO. The molecule has 20 heavy (non-hydrogen) atoms. The molecule has 0 aliphatic rings. The van der Waals surface area contributed by atoms with Crippen molar-refractivity contribution < 1.29 is 54.6 Å². The zero-order valence-corrected chi connectivity index (χ0v) is 11.3. The Bertz CT molecular complexity index is 265. The maximum atomic E-state index is 10.2. The van der Waals surface area contributed by atoms with Crippen molar-refractivity contribution in [3.63, 3.8) is 0 Å². The first-order chi connectivity index (χ1) is 9.08. The summed E-state index contributed by atoms with van der Waals surface area (Å²) >= 11 is 0. The minimum absolute atomic E-state index is 0.365. The van der Waals surface area contributed by atoms with Gasteiger partial charge in [-0.3, -0.25) is 4.52 Å². The number of hydrogen-bond donors (Lipinski definition) is 9. The van der Waals surface area contributed by atoms with Gasteiger partial charge in [-0.2, -0.15) is 0 Å². The number of rotatable bonds is 8. The van der Waals surface area contributed by atoms with Crippen molar-refractivity contribution in [2.45, 2.75) is 24.4 Å². The third-order valence-electron chi connectivity index (χ3n) is 1.81. The van der Waals surface area contributed by atoms with Crippen LogP contribution in [-0.4, -0.2) is 96.4 Å². The normalized spacial score (nSPS) is 16.3. The van der Waals surface area contributed by atoms with Crippen molar-refractivity contribution in [3.05, 3.63) is 0 Å². The van der Waals surface area contributed by atoms with Crippen molar-refractivity contribution >= 4 is 7.82 Å². The molecule has 0 aliphatic heterocycles. The van der Waals surface area contributed by atoms with Crippen molar-refractivity contribution in [3.8, 4) is 0 Å². The lowest BCUT2D eigenvalue weighted by molar-refractivity contribution is -0.0891. The molecule has 0 unspecified atom stereocenters. The molecule has 0 spiro atoms. The Labute approximate surface area is 114 Å². The Hall–Kier alpha value is -0.170. The highest BCUT2D eigenvalue weighted by atomic mass is 31.2. The van der Waals surface area contributed by atoms with Crippen molar-refractivity contribution in [1.82, 2.24) is 0 Å². The van der Waals surface area contributed by atoms with Crippen LogP contribution in [0.25, 0.3) is 0 Å². The topological polar surface area (TPSA) is 208 Å². The van der Waals surface area contributed by atoms with E-state index >= 15 is 0 Å². The predicted molar refractivity (Wildman–Crippen MR) is 63.3 cm³/mol. The van der Waals surface area contributed by atoms with Gasteiger partial charge in [-0.1, -0.05) is 0 Å². The number of aliphatic hydroxyl groups is 7. The molecule has 0 heterocycles. The average molecular weight is 324 g/mol. The summed E-state index contributed by atoms with van der Waals surface area (Å²) in [4.78, 5) is 16.5. The molecule has 12 heteroatoms. The van der Waals surface area contributed by atoms with Crippen LogP contribution in [0.4, 0.5) is 0 Å². The van der Waals surface area contributed by atoms with E-state index in [2.05, 4.69) is 4.52 Å². The molecule has 3 atom stereocenters. The van der Waals surface area contributed by atoms with Gasteiger partial charge in [-0.05, 0) is 0 Å². The summed E-state index contributed by atoms with van der Waals surface area (Å²) in [6, 6.07) is 0. The second-order valence-corrected chi connectivity index (χ2v) is 4.85. The van der Waals surface area contributed by atoms with E-state index in [1.54, 1.807) is 0 Å². The maximum absolute atomic E-state index is 10.2. The summed E-state index contributed by atoms with van der Waals surface area (Å²) in [5.41, 5.74) is 0. The van der Waals surface area contributed by atoms with Gasteiger partial charge < -0.3 is 45.5 Å². The van der Waals surface area contributed by atoms with Gasteiger partial charge in [0.15, 0.2) is 0 Å². The van der Waals surface area contributed by atoms with Crippen molar-refractivity contribution in [2.75, 3.05) is 26.4 Å². The van der Waals surface area contributed by atoms with E-state index < -0.39 is 45.5 Å². The molecule has 0 saturated carbocycles. The Morgan fingerprint density at radius 3 is 1.55 bits per heavy atom. The van der Waals surface area contributed by atoms with Crippen LogP contribution in [0.5, 0.6) is 0 Å². The van der Waals surface area contributed by atoms with Gasteiger partial charge in [0.05, 0.1) is 26.4 Å². The lowest BCUT2D eigenvalue weighted by Crippen LogP contribution is -2.41. The molecule has 0 aromatic rings. The van der Waals surface area contributed by atoms with E-state index in [0.29, 0.717) is 0 Å². The second kappa shape index (κ2) is 11.5. The van der Waals surface area contributed by atoms with Gasteiger partial charge in [-0.15, -0.1) is 0 Å². The first-order valence-electron chi connectivity index (χ1n) is 5.33. The zero-order chi connectivity index (χ0) is 16.3. The average Bonchev–Trinajstić information content (AvgIpc) is 2.41. The minimum Gasteiger partial charge on any atom is -0.394 e. The van der Waals surface area contributed by atoms with Crippen LogP contribution < -0.4 is 0 Å².